The predicted octanol–water partition coefficient (Wildman–Crippen LogP) is 2.16. The van der Waals surface area contributed by atoms with E-state index in [9.17, 15) is 19.7 Å². The van der Waals surface area contributed by atoms with Gasteiger partial charge >= 0.3 is 5.97 Å². The largest absolute Gasteiger partial charge is 0.463 e. The van der Waals surface area contributed by atoms with Gasteiger partial charge in [-0.25, -0.2) is 9.78 Å². The van der Waals surface area contributed by atoms with E-state index in [-0.39, 0.29) is 12.3 Å². The number of benzene rings is 1. The number of nitro groups is 1. The standard InChI is InChI=1S/C26H26N8O5/c1-2-39-25(36)21-22(16-3-5-18(6-4-16)24(27)35)32-26(33-23(21)17-9-11-28-12-10-17)30-14-13-29-20-8-7-19(15-31-20)34(37)38/h3-12,15,22H,2,13-14H2,1H3,(H2,27,35)(H,29,31)(H2,30,32,33). The van der Waals surface area contributed by atoms with E-state index in [1.807, 2.05) is 0 Å². The third kappa shape index (κ3) is 6.52. The summed E-state index contributed by atoms with van der Waals surface area (Å²) in [6.45, 7) is 2.60. The number of carbonyl (C=O) groups excluding carboxylic acids is 2. The molecule has 1 amide bonds. The van der Waals surface area contributed by atoms with Crippen LogP contribution in [-0.2, 0) is 9.53 Å². The Hall–Kier alpha value is -5.33. The first kappa shape index (κ1) is 26.7. The molecule has 1 aliphatic heterocycles. The van der Waals surface area contributed by atoms with Crippen molar-refractivity contribution in [1.82, 2.24) is 20.6 Å². The number of aromatic nitrogens is 2. The molecule has 1 aromatic carbocycles. The molecule has 3 aromatic rings. The molecule has 1 unspecified atom stereocenters. The molecule has 2 aromatic heterocycles. The summed E-state index contributed by atoms with van der Waals surface area (Å²) in [6.07, 6.45) is 4.40. The highest BCUT2D eigenvalue weighted by molar-refractivity contribution is 6.05. The number of ether oxygens (including phenoxy) is 1. The second-order valence-corrected chi connectivity index (χ2v) is 8.25. The van der Waals surface area contributed by atoms with Gasteiger partial charge in [0.25, 0.3) is 5.69 Å². The third-order valence-corrected chi connectivity index (χ3v) is 5.72. The molecule has 0 aliphatic carbocycles. The van der Waals surface area contributed by atoms with Crippen molar-refractivity contribution in [3.63, 3.8) is 0 Å². The van der Waals surface area contributed by atoms with Crippen LogP contribution >= 0.6 is 0 Å². The van der Waals surface area contributed by atoms with Crippen molar-refractivity contribution in [1.29, 1.82) is 0 Å². The third-order valence-electron chi connectivity index (χ3n) is 5.72. The smallest absolute Gasteiger partial charge is 0.338 e. The Kier molecular flexibility index (Phi) is 8.41. The summed E-state index contributed by atoms with van der Waals surface area (Å²) in [5, 5.41) is 20.3. The molecule has 1 aliphatic rings. The minimum atomic E-state index is -0.654. The summed E-state index contributed by atoms with van der Waals surface area (Å²) in [7, 11) is 0. The second kappa shape index (κ2) is 12.3. The fourth-order valence-corrected chi connectivity index (χ4v) is 3.88. The molecule has 0 spiro atoms. The van der Waals surface area contributed by atoms with Gasteiger partial charge in [0.05, 0.1) is 35.4 Å². The molecule has 0 radical (unpaired) electrons. The van der Waals surface area contributed by atoms with Crippen molar-refractivity contribution in [2.75, 3.05) is 25.0 Å². The molecule has 0 fully saturated rings. The summed E-state index contributed by atoms with van der Waals surface area (Å²) in [6, 6.07) is 12.4. The van der Waals surface area contributed by atoms with Crippen molar-refractivity contribution < 1.29 is 19.2 Å². The zero-order valence-electron chi connectivity index (χ0n) is 21.0. The maximum atomic E-state index is 13.2. The molecule has 1 atom stereocenters. The molecule has 39 heavy (non-hydrogen) atoms. The Labute approximate surface area is 223 Å². The van der Waals surface area contributed by atoms with Crippen molar-refractivity contribution in [2.24, 2.45) is 10.7 Å². The number of amides is 1. The van der Waals surface area contributed by atoms with Gasteiger partial charge in [0.15, 0.2) is 5.96 Å². The molecule has 4 rings (SSSR count). The van der Waals surface area contributed by atoms with Crippen molar-refractivity contribution in [3.8, 4) is 0 Å². The van der Waals surface area contributed by atoms with E-state index < -0.39 is 22.8 Å². The van der Waals surface area contributed by atoms with Crippen LogP contribution in [0.2, 0.25) is 0 Å². The highest BCUT2D eigenvalue weighted by atomic mass is 16.6. The highest BCUT2D eigenvalue weighted by Gasteiger charge is 2.33. The number of nitrogens with zero attached hydrogens (tertiary/aromatic N) is 4. The summed E-state index contributed by atoms with van der Waals surface area (Å²) in [5.74, 6) is -0.203. The first-order valence-corrected chi connectivity index (χ1v) is 12.0. The van der Waals surface area contributed by atoms with Gasteiger partial charge in [-0.15, -0.1) is 0 Å². The summed E-state index contributed by atoms with van der Waals surface area (Å²) in [4.78, 5) is 47.7. The number of nitrogens with two attached hydrogens (primary N) is 1. The van der Waals surface area contributed by atoms with Gasteiger partial charge in [0, 0.05) is 36.1 Å². The Morgan fingerprint density at radius 3 is 2.51 bits per heavy atom. The van der Waals surface area contributed by atoms with Gasteiger partial charge in [0.1, 0.15) is 12.0 Å². The van der Waals surface area contributed by atoms with Gasteiger partial charge < -0.3 is 26.4 Å². The molecule has 13 nitrogen and oxygen atoms in total. The zero-order valence-corrected chi connectivity index (χ0v) is 21.0. The second-order valence-electron chi connectivity index (χ2n) is 8.25. The number of esters is 1. The van der Waals surface area contributed by atoms with Gasteiger partial charge in [-0.1, -0.05) is 12.1 Å². The first-order valence-electron chi connectivity index (χ1n) is 12.0. The lowest BCUT2D eigenvalue weighted by Gasteiger charge is -2.32. The number of primary amides is 1. The number of rotatable bonds is 10. The van der Waals surface area contributed by atoms with E-state index in [2.05, 4.69) is 30.9 Å². The molecule has 5 N–H and O–H groups in total. The Bertz CT molecular complexity index is 1410. The molecule has 0 saturated carbocycles. The fourth-order valence-electron chi connectivity index (χ4n) is 3.88. The minimum absolute atomic E-state index is 0.0980. The molecule has 13 heteroatoms. The first-order chi connectivity index (χ1) is 18.9. The Morgan fingerprint density at radius 1 is 1.15 bits per heavy atom. The average Bonchev–Trinajstić information content (AvgIpc) is 2.95. The molecule has 0 bridgehead atoms. The molecular formula is C26H26N8O5. The topological polar surface area (TPSA) is 187 Å². The van der Waals surface area contributed by atoms with E-state index in [1.165, 1.54) is 18.3 Å². The Morgan fingerprint density at radius 2 is 1.90 bits per heavy atom. The lowest BCUT2D eigenvalue weighted by molar-refractivity contribution is -0.385. The quantitative estimate of drug-likeness (QED) is 0.131. The average molecular weight is 531 g/mol. The van der Waals surface area contributed by atoms with Crippen LogP contribution in [-0.4, -0.2) is 52.4 Å². The van der Waals surface area contributed by atoms with Crippen molar-refractivity contribution >= 4 is 35.0 Å². The number of hydrogen-bond donors (Lipinski definition) is 4. The van der Waals surface area contributed by atoms with Crippen molar-refractivity contribution in [3.05, 3.63) is 99.5 Å². The highest BCUT2D eigenvalue weighted by Crippen LogP contribution is 2.32. The van der Waals surface area contributed by atoms with Crippen LogP contribution in [0.1, 0.15) is 34.5 Å². The van der Waals surface area contributed by atoms with Crippen LogP contribution in [0, 0.1) is 10.1 Å². The zero-order chi connectivity index (χ0) is 27.8. The van der Waals surface area contributed by atoms with Crippen LogP contribution in [0.4, 0.5) is 11.5 Å². The lowest BCUT2D eigenvalue weighted by atomic mass is 9.92. The van der Waals surface area contributed by atoms with E-state index >= 15 is 0 Å². The fraction of sp³-hybridized carbons (Fsp3) is 0.192. The minimum Gasteiger partial charge on any atom is -0.463 e. The number of aliphatic imine (C=N–C) groups is 1. The lowest BCUT2D eigenvalue weighted by Crippen LogP contribution is -2.46. The van der Waals surface area contributed by atoms with E-state index in [0.717, 1.165) is 0 Å². The number of anilines is 1. The van der Waals surface area contributed by atoms with Gasteiger partial charge in [-0.3, -0.25) is 24.9 Å². The number of hydrogen-bond acceptors (Lipinski definition) is 9. The predicted molar refractivity (Wildman–Crippen MR) is 143 cm³/mol. The summed E-state index contributed by atoms with van der Waals surface area (Å²) in [5.41, 5.74) is 7.87. The number of guanidine groups is 1. The number of pyridine rings is 2. The van der Waals surface area contributed by atoms with E-state index in [1.54, 1.807) is 55.7 Å². The van der Waals surface area contributed by atoms with Crippen LogP contribution in [0.25, 0.3) is 5.70 Å². The summed E-state index contributed by atoms with van der Waals surface area (Å²) < 4.78 is 5.39. The summed E-state index contributed by atoms with van der Waals surface area (Å²) >= 11 is 0. The van der Waals surface area contributed by atoms with Crippen LogP contribution in [0.5, 0.6) is 0 Å². The number of nitrogens with one attached hydrogen (secondary N) is 3. The van der Waals surface area contributed by atoms with Gasteiger partial charge in [-0.2, -0.15) is 0 Å². The molecule has 3 heterocycles. The monoisotopic (exact) mass is 530 g/mol. The maximum absolute atomic E-state index is 13.2. The number of carbonyl (C=O) groups is 2. The van der Waals surface area contributed by atoms with Crippen LogP contribution in [0.15, 0.2) is 77.7 Å². The van der Waals surface area contributed by atoms with Gasteiger partial charge in [-0.05, 0) is 42.8 Å². The van der Waals surface area contributed by atoms with E-state index in [0.29, 0.717) is 52.8 Å². The molecule has 0 saturated heterocycles. The maximum Gasteiger partial charge on any atom is 0.338 e. The van der Waals surface area contributed by atoms with Crippen LogP contribution in [0.3, 0.4) is 0 Å². The van der Waals surface area contributed by atoms with Gasteiger partial charge in [0.2, 0.25) is 5.91 Å². The SMILES string of the molecule is CCOC(=O)C1=C(c2ccncc2)NC(=NCCNc2ccc([N+](=O)[O-])cn2)NC1c1ccc(C(N)=O)cc1. The van der Waals surface area contributed by atoms with E-state index in [4.69, 9.17) is 10.5 Å². The normalized spacial score (nSPS) is 15.7. The van der Waals surface area contributed by atoms with Crippen molar-refractivity contribution in [2.45, 2.75) is 13.0 Å². The van der Waals surface area contributed by atoms with Crippen LogP contribution < -0.4 is 21.7 Å². The molecule has 200 valence electrons. The molecular weight excluding hydrogens is 504 g/mol. The Balaban J connectivity index is 1.63.